The van der Waals surface area contributed by atoms with E-state index in [1.807, 2.05) is 24.4 Å². The predicted octanol–water partition coefficient (Wildman–Crippen LogP) is 4.46. The molecule has 28 heavy (non-hydrogen) atoms. The van der Waals surface area contributed by atoms with Gasteiger partial charge in [-0.3, -0.25) is 14.7 Å². The van der Waals surface area contributed by atoms with E-state index in [4.69, 9.17) is 9.84 Å². The third-order valence-corrected chi connectivity index (χ3v) is 5.30. The van der Waals surface area contributed by atoms with Crippen molar-refractivity contribution in [1.29, 1.82) is 0 Å². The van der Waals surface area contributed by atoms with Gasteiger partial charge in [-0.25, -0.2) is 0 Å². The molecular formula is C23H28N2O3. The van der Waals surface area contributed by atoms with Gasteiger partial charge < -0.3 is 9.84 Å². The SMILES string of the molecule is COc1cccc([C@@H]2[C@H](C/C=C\CCC(=O)O)CCN2Cc2cccnc2)c1. The normalized spacial score (nSPS) is 19.9. The van der Waals surface area contributed by atoms with Crippen LogP contribution in [-0.4, -0.2) is 34.6 Å². The Morgan fingerprint density at radius 3 is 2.96 bits per heavy atom. The number of benzene rings is 1. The van der Waals surface area contributed by atoms with Gasteiger partial charge in [0.1, 0.15) is 5.75 Å². The third kappa shape index (κ3) is 5.42. The van der Waals surface area contributed by atoms with Crippen molar-refractivity contribution in [3.8, 4) is 5.75 Å². The molecule has 1 aromatic carbocycles. The van der Waals surface area contributed by atoms with E-state index in [2.05, 4.69) is 40.2 Å². The van der Waals surface area contributed by atoms with Crippen molar-refractivity contribution in [3.63, 3.8) is 0 Å². The van der Waals surface area contributed by atoms with Crippen molar-refractivity contribution in [2.75, 3.05) is 13.7 Å². The van der Waals surface area contributed by atoms with Crippen LogP contribution in [0.4, 0.5) is 0 Å². The largest absolute Gasteiger partial charge is 0.497 e. The maximum absolute atomic E-state index is 10.7. The van der Waals surface area contributed by atoms with Crippen molar-refractivity contribution in [3.05, 3.63) is 72.1 Å². The molecule has 5 heteroatoms. The molecule has 2 atom stereocenters. The average molecular weight is 380 g/mol. The third-order valence-electron chi connectivity index (χ3n) is 5.30. The van der Waals surface area contributed by atoms with Crippen LogP contribution in [0.3, 0.4) is 0 Å². The van der Waals surface area contributed by atoms with E-state index < -0.39 is 5.97 Å². The zero-order valence-electron chi connectivity index (χ0n) is 16.3. The van der Waals surface area contributed by atoms with Crippen molar-refractivity contribution >= 4 is 5.97 Å². The number of carboxylic acids is 1. The molecule has 1 aliphatic heterocycles. The number of aromatic nitrogens is 1. The molecule has 2 heterocycles. The van der Waals surface area contributed by atoms with Gasteiger partial charge in [0, 0.05) is 31.4 Å². The van der Waals surface area contributed by atoms with E-state index in [-0.39, 0.29) is 6.42 Å². The summed E-state index contributed by atoms with van der Waals surface area (Å²) in [7, 11) is 1.70. The summed E-state index contributed by atoms with van der Waals surface area (Å²) in [4.78, 5) is 17.4. The molecule has 1 fully saturated rings. The number of ether oxygens (including phenoxy) is 1. The van der Waals surface area contributed by atoms with Crippen LogP contribution in [0.25, 0.3) is 0 Å². The first-order chi connectivity index (χ1) is 13.7. The van der Waals surface area contributed by atoms with E-state index in [0.717, 1.165) is 31.7 Å². The van der Waals surface area contributed by atoms with Crippen LogP contribution in [0.15, 0.2) is 60.9 Å². The van der Waals surface area contributed by atoms with Crippen molar-refractivity contribution in [1.82, 2.24) is 9.88 Å². The number of carboxylic acid groups (broad SMARTS) is 1. The van der Waals surface area contributed by atoms with Gasteiger partial charge in [0.25, 0.3) is 0 Å². The fourth-order valence-corrected chi connectivity index (χ4v) is 3.98. The lowest BCUT2D eigenvalue weighted by Gasteiger charge is -2.28. The van der Waals surface area contributed by atoms with Crippen molar-refractivity contribution in [2.24, 2.45) is 5.92 Å². The highest BCUT2D eigenvalue weighted by atomic mass is 16.5. The monoisotopic (exact) mass is 380 g/mol. The quantitative estimate of drug-likeness (QED) is 0.651. The van der Waals surface area contributed by atoms with Gasteiger partial charge in [0.05, 0.1) is 7.11 Å². The molecule has 0 bridgehead atoms. The minimum absolute atomic E-state index is 0.188. The molecule has 1 N–H and O–H groups in total. The Bertz CT molecular complexity index is 791. The van der Waals surface area contributed by atoms with Crippen molar-refractivity contribution in [2.45, 2.75) is 38.3 Å². The molecule has 148 valence electrons. The summed E-state index contributed by atoms with van der Waals surface area (Å²) in [5.41, 5.74) is 2.48. The second-order valence-electron chi connectivity index (χ2n) is 7.24. The first kappa shape index (κ1) is 20.1. The van der Waals surface area contributed by atoms with E-state index in [9.17, 15) is 4.79 Å². The smallest absolute Gasteiger partial charge is 0.303 e. The van der Waals surface area contributed by atoms with Crippen LogP contribution in [0.1, 0.15) is 42.9 Å². The van der Waals surface area contributed by atoms with E-state index in [1.54, 1.807) is 13.3 Å². The number of pyridine rings is 1. The van der Waals surface area contributed by atoms with Gasteiger partial charge in [0.2, 0.25) is 0 Å². The minimum atomic E-state index is -0.748. The molecule has 1 aliphatic rings. The molecule has 0 spiro atoms. The molecule has 0 radical (unpaired) electrons. The summed E-state index contributed by atoms with van der Waals surface area (Å²) in [6.45, 7) is 1.90. The molecule has 2 aromatic rings. The molecule has 3 rings (SSSR count). The molecule has 0 saturated carbocycles. The Labute approximate surface area is 166 Å². The Morgan fingerprint density at radius 2 is 2.21 bits per heavy atom. The van der Waals surface area contributed by atoms with Crippen LogP contribution in [-0.2, 0) is 11.3 Å². The fraction of sp³-hybridized carbons (Fsp3) is 0.391. The van der Waals surface area contributed by atoms with Gasteiger partial charge >= 0.3 is 5.97 Å². The number of methoxy groups -OCH3 is 1. The standard InChI is InChI=1S/C23H28N2O3/c1-28-21-10-5-9-20(15-21)23-19(8-3-2-4-11-22(26)27)12-14-25(23)17-18-7-6-13-24-16-18/h2-3,5-7,9-10,13,15-16,19,23H,4,8,11-12,14,17H2,1H3,(H,26,27)/b3-2-/t19-,23+/m1/s1. The zero-order chi connectivity index (χ0) is 19.8. The molecule has 5 nitrogen and oxygen atoms in total. The van der Waals surface area contributed by atoms with Gasteiger partial charge in [-0.15, -0.1) is 0 Å². The molecule has 0 unspecified atom stereocenters. The number of likely N-dealkylation sites (tertiary alicyclic amines) is 1. The lowest BCUT2D eigenvalue weighted by Crippen LogP contribution is -2.25. The summed E-state index contributed by atoms with van der Waals surface area (Å²) in [5, 5.41) is 8.78. The Balaban J connectivity index is 1.75. The van der Waals surface area contributed by atoms with Gasteiger partial charge in [0.15, 0.2) is 0 Å². The molecule has 0 aliphatic carbocycles. The van der Waals surface area contributed by atoms with E-state index >= 15 is 0 Å². The second kappa shape index (κ2) is 10.0. The average Bonchev–Trinajstić information content (AvgIpc) is 3.10. The Hall–Kier alpha value is -2.66. The number of nitrogens with zero attached hydrogens (tertiary/aromatic N) is 2. The lowest BCUT2D eigenvalue weighted by atomic mass is 9.90. The summed E-state index contributed by atoms with van der Waals surface area (Å²) in [6, 6.07) is 12.7. The summed E-state index contributed by atoms with van der Waals surface area (Å²) >= 11 is 0. The fourth-order valence-electron chi connectivity index (χ4n) is 3.98. The topological polar surface area (TPSA) is 62.7 Å². The number of carbonyl (C=O) groups is 1. The zero-order valence-corrected chi connectivity index (χ0v) is 16.3. The van der Waals surface area contributed by atoms with Crippen LogP contribution in [0.5, 0.6) is 5.75 Å². The lowest BCUT2D eigenvalue weighted by molar-refractivity contribution is -0.136. The molecule has 0 amide bonds. The highest BCUT2D eigenvalue weighted by molar-refractivity contribution is 5.66. The summed E-state index contributed by atoms with van der Waals surface area (Å²) in [6.07, 6.45) is 10.7. The van der Waals surface area contributed by atoms with Crippen LogP contribution < -0.4 is 4.74 Å². The maximum Gasteiger partial charge on any atom is 0.303 e. The van der Waals surface area contributed by atoms with Gasteiger partial charge in [-0.2, -0.15) is 0 Å². The Morgan fingerprint density at radius 1 is 1.32 bits per heavy atom. The highest BCUT2D eigenvalue weighted by Crippen LogP contribution is 2.41. The number of hydrogen-bond acceptors (Lipinski definition) is 4. The second-order valence-corrected chi connectivity index (χ2v) is 7.24. The van der Waals surface area contributed by atoms with Crippen LogP contribution in [0, 0.1) is 5.92 Å². The Kier molecular flexibility index (Phi) is 7.20. The first-order valence-corrected chi connectivity index (χ1v) is 9.81. The first-order valence-electron chi connectivity index (χ1n) is 9.81. The number of rotatable bonds is 9. The van der Waals surface area contributed by atoms with Crippen molar-refractivity contribution < 1.29 is 14.6 Å². The molecule has 1 aromatic heterocycles. The van der Waals surface area contributed by atoms with E-state index in [0.29, 0.717) is 18.4 Å². The van der Waals surface area contributed by atoms with Crippen LogP contribution in [0.2, 0.25) is 0 Å². The maximum atomic E-state index is 10.7. The van der Waals surface area contributed by atoms with Crippen LogP contribution >= 0.6 is 0 Å². The summed E-state index contributed by atoms with van der Waals surface area (Å²) in [5.74, 6) is 0.619. The summed E-state index contributed by atoms with van der Waals surface area (Å²) < 4.78 is 5.44. The number of hydrogen-bond donors (Lipinski definition) is 1. The van der Waals surface area contributed by atoms with E-state index in [1.165, 1.54) is 11.1 Å². The minimum Gasteiger partial charge on any atom is -0.497 e. The number of aliphatic carboxylic acids is 1. The van der Waals surface area contributed by atoms with Gasteiger partial charge in [-0.05, 0) is 61.1 Å². The van der Waals surface area contributed by atoms with Gasteiger partial charge in [-0.1, -0.05) is 30.4 Å². The highest BCUT2D eigenvalue weighted by Gasteiger charge is 2.34. The number of allylic oxidation sites excluding steroid dienone is 2. The molecular weight excluding hydrogens is 352 g/mol. The predicted molar refractivity (Wildman–Crippen MR) is 109 cm³/mol. The molecule has 1 saturated heterocycles.